The van der Waals surface area contributed by atoms with E-state index in [-0.39, 0.29) is 18.0 Å². The first-order chi connectivity index (χ1) is 15.1. The van der Waals surface area contributed by atoms with Gasteiger partial charge < -0.3 is 18.9 Å². The van der Waals surface area contributed by atoms with E-state index in [4.69, 9.17) is 9.47 Å². The van der Waals surface area contributed by atoms with E-state index in [2.05, 4.69) is 4.90 Å². The number of anilines is 1. The molecule has 4 rings (SSSR count). The van der Waals surface area contributed by atoms with E-state index in [1.807, 2.05) is 42.8 Å². The molecular weight excluding hydrogens is 421 g/mol. The van der Waals surface area contributed by atoms with Gasteiger partial charge in [0.1, 0.15) is 5.75 Å². The van der Waals surface area contributed by atoms with E-state index in [0.717, 1.165) is 23.0 Å². The van der Waals surface area contributed by atoms with Crippen LogP contribution in [0.25, 0.3) is 16.6 Å². The molecule has 0 saturated carbocycles. The molecule has 0 unspecified atom stereocenters. The normalized spacial score (nSPS) is 14.7. The SMILES string of the molecule is COC(=O)C1CN(c2cc(OC(C)C)cc(-n3cc(C)c4cc(C(F)(F)F)ccc43)c2)C1. The summed E-state index contributed by atoms with van der Waals surface area (Å²) in [7, 11) is 1.38. The topological polar surface area (TPSA) is 43.7 Å². The lowest BCUT2D eigenvalue weighted by Crippen LogP contribution is -2.50. The Bertz CT molecular complexity index is 1160. The number of aryl methyl sites for hydroxylation is 1. The van der Waals surface area contributed by atoms with E-state index in [0.29, 0.717) is 29.7 Å². The minimum absolute atomic E-state index is 0.0465. The third kappa shape index (κ3) is 4.13. The maximum Gasteiger partial charge on any atom is 0.416 e. The molecule has 1 aliphatic heterocycles. The fourth-order valence-electron chi connectivity index (χ4n) is 4.02. The molecule has 0 atom stereocenters. The monoisotopic (exact) mass is 446 g/mol. The minimum Gasteiger partial charge on any atom is -0.491 e. The molecule has 32 heavy (non-hydrogen) atoms. The zero-order valence-corrected chi connectivity index (χ0v) is 18.4. The van der Waals surface area contributed by atoms with Crippen LogP contribution in [0.2, 0.25) is 0 Å². The van der Waals surface area contributed by atoms with Crippen molar-refractivity contribution in [2.45, 2.75) is 33.1 Å². The molecule has 1 aromatic heterocycles. The predicted molar refractivity (Wildman–Crippen MR) is 116 cm³/mol. The molecular formula is C24H25F3N2O3. The van der Waals surface area contributed by atoms with Gasteiger partial charge in [0.25, 0.3) is 0 Å². The second kappa shape index (κ2) is 8.07. The van der Waals surface area contributed by atoms with Crippen molar-refractivity contribution in [3.8, 4) is 11.4 Å². The summed E-state index contributed by atoms with van der Waals surface area (Å²) in [5, 5.41) is 0.547. The van der Waals surface area contributed by atoms with Crippen LogP contribution in [0.4, 0.5) is 18.9 Å². The van der Waals surface area contributed by atoms with Crippen LogP contribution in [0.1, 0.15) is 25.0 Å². The summed E-state index contributed by atoms with van der Waals surface area (Å²) in [5.41, 5.74) is 2.41. The first kappa shape index (κ1) is 22.0. The Hall–Kier alpha value is -3.16. The summed E-state index contributed by atoms with van der Waals surface area (Å²) in [6.45, 7) is 6.73. The fraction of sp³-hybridized carbons (Fsp3) is 0.375. The second-order valence-electron chi connectivity index (χ2n) is 8.39. The first-order valence-corrected chi connectivity index (χ1v) is 10.4. The molecule has 2 aromatic carbocycles. The quantitative estimate of drug-likeness (QED) is 0.496. The fourth-order valence-corrected chi connectivity index (χ4v) is 4.02. The van der Waals surface area contributed by atoms with Gasteiger partial charge in [0.15, 0.2) is 0 Å². The average molecular weight is 446 g/mol. The highest BCUT2D eigenvalue weighted by Gasteiger charge is 2.34. The molecule has 0 spiro atoms. The number of halogens is 3. The number of hydrogen-bond donors (Lipinski definition) is 0. The number of rotatable bonds is 5. The van der Waals surface area contributed by atoms with Crippen LogP contribution >= 0.6 is 0 Å². The van der Waals surface area contributed by atoms with Crippen LogP contribution in [0.15, 0.2) is 42.6 Å². The highest BCUT2D eigenvalue weighted by Crippen LogP contribution is 2.36. The van der Waals surface area contributed by atoms with Crippen LogP contribution < -0.4 is 9.64 Å². The highest BCUT2D eigenvalue weighted by molar-refractivity contribution is 5.86. The number of aromatic nitrogens is 1. The number of esters is 1. The zero-order valence-electron chi connectivity index (χ0n) is 18.4. The Morgan fingerprint density at radius 2 is 1.78 bits per heavy atom. The number of methoxy groups -OCH3 is 1. The van der Waals surface area contributed by atoms with Gasteiger partial charge in [-0.25, -0.2) is 0 Å². The molecule has 5 nitrogen and oxygen atoms in total. The number of nitrogens with zero attached hydrogens (tertiary/aromatic N) is 2. The Labute approximate surface area is 184 Å². The summed E-state index contributed by atoms with van der Waals surface area (Å²) >= 11 is 0. The maximum absolute atomic E-state index is 13.2. The van der Waals surface area contributed by atoms with Gasteiger partial charge in [0, 0.05) is 42.5 Å². The van der Waals surface area contributed by atoms with Gasteiger partial charge in [-0.1, -0.05) is 0 Å². The van der Waals surface area contributed by atoms with Gasteiger partial charge in [-0.2, -0.15) is 13.2 Å². The molecule has 170 valence electrons. The van der Waals surface area contributed by atoms with E-state index in [1.54, 1.807) is 6.92 Å². The lowest BCUT2D eigenvalue weighted by molar-refractivity contribution is -0.146. The number of benzene rings is 2. The largest absolute Gasteiger partial charge is 0.491 e. The van der Waals surface area contributed by atoms with Crippen LogP contribution in [0.5, 0.6) is 5.75 Å². The van der Waals surface area contributed by atoms with Crippen molar-refractivity contribution >= 4 is 22.6 Å². The molecule has 1 aliphatic rings. The number of carbonyl (C=O) groups is 1. The molecule has 1 fully saturated rings. The van der Waals surface area contributed by atoms with E-state index in [9.17, 15) is 18.0 Å². The molecule has 2 heterocycles. The summed E-state index contributed by atoms with van der Waals surface area (Å²) < 4.78 is 52.2. The molecule has 0 aliphatic carbocycles. The second-order valence-corrected chi connectivity index (χ2v) is 8.39. The van der Waals surface area contributed by atoms with Gasteiger partial charge in [-0.3, -0.25) is 4.79 Å². The number of alkyl halides is 3. The van der Waals surface area contributed by atoms with Crippen molar-refractivity contribution in [1.29, 1.82) is 0 Å². The van der Waals surface area contributed by atoms with Gasteiger partial charge in [0.2, 0.25) is 0 Å². The summed E-state index contributed by atoms with van der Waals surface area (Å²) in [4.78, 5) is 13.8. The van der Waals surface area contributed by atoms with Crippen LogP contribution in [0, 0.1) is 12.8 Å². The Morgan fingerprint density at radius 3 is 2.41 bits per heavy atom. The van der Waals surface area contributed by atoms with Gasteiger partial charge in [-0.15, -0.1) is 0 Å². The molecule has 1 saturated heterocycles. The lowest BCUT2D eigenvalue weighted by Gasteiger charge is -2.39. The highest BCUT2D eigenvalue weighted by atomic mass is 19.4. The average Bonchev–Trinajstić information content (AvgIpc) is 3.01. The molecule has 0 radical (unpaired) electrons. The summed E-state index contributed by atoms with van der Waals surface area (Å²) in [6.07, 6.45) is -2.61. The van der Waals surface area contributed by atoms with Crippen LogP contribution in [0.3, 0.4) is 0 Å². The predicted octanol–water partition coefficient (Wildman–Crippen LogP) is 5.35. The van der Waals surface area contributed by atoms with Gasteiger partial charge >= 0.3 is 12.1 Å². The van der Waals surface area contributed by atoms with Crippen molar-refractivity contribution in [1.82, 2.24) is 4.57 Å². The third-order valence-electron chi connectivity index (χ3n) is 5.64. The van der Waals surface area contributed by atoms with Crippen LogP contribution in [-0.4, -0.2) is 36.8 Å². The molecule has 0 amide bonds. The van der Waals surface area contributed by atoms with Crippen molar-refractivity contribution in [2.24, 2.45) is 5.92 Å². The number of carbonyl (C=O) groups excluding carboxylic acids is 1. The molecule has 0 bridgehead atoms. The Morgan fingerprint density at radius 1 is 1.09 bits per heavy atom. The minimum atomic E-state index is -4.39. The van der Waals surface area contributed by atoms with E-state index < -0.39 is 11.7 Å². The van der Waals surface area contributed by atoms with Gasteiger partial charge in [0.05, 0.1) is 35.9 Å². The van der Waals surface area contributed by atoms with Crippen molar-refractivity contribution in [3.05, 3.63) is 53.7 Å². The summed E-state index contributed by atoms with van der Waals surface area (Å²) in [5.74, 6) is 0.248. The molecule has 3 aromatic rings. The zero-order chi connectivity index (χ0) is 23.2. The number of hydrogen-bond acceptors (Lipinski definition) is 4. The van der Waals surface area contributed by atoms with Crippen molar-refractivity contribution in [2.75, 3.05) is 25.1 Å². The lowest BCUT2D eigenvalue weighted by atomic mass is 9.99. The van der Waals surface area contributed by atoms with Crippen LogP contribution in [-0.2, 0) is 15.7 Å². The number of ether oxygens (including phenoxy) is 2. The van der Waals surface area contributed by atoms with E-state index in [1.165, 1.54) is 19.2 Å². The maximum atomic E-state index is 13.2. The van der Waals surface area contributed by atoms with Gasteiger partial charge in [-0.05, 0) is 50.6 Å². The van der Waals surface area contributed by atoms with E-state index >= 15 is 0 Å². The first-order valence-electron chi connectivity index (χ1n) is 10.4. The number of fused-ring (bicyclic) bond motifs is 1. The molecule has 0 N–H and O–H groups in total. The smallest absolute Gasteiger partial charge is 0.416 e. The molecule has 8 heteroatoms. The standard InChI is InChI=1S/C24H25F3N2O3/c1-14(2)32-20-9-18(28-12-16(13-28)23(30)31-4)8-19(10-20)29-11-15(3)21-7-17(24(25,26)27)5-6-22(21)29/h5-11,14,16H,12-13H2,1-4H3. The Kier molecular flexibility index (Phi) is 5.56. The van der Waals surface area contributed by atoms with Crippen molar-refractivity contribution < 1.29 is 27.4 Å². The third-order valence-corrected chi connectivity index (χ3v) is 5.64. The summed E-state index contributed by atoms with van der Waals surface area (Å²) in [6, 6.07) is 9.53. The van der Waals surface area contributed by atoms with Crippen molar-refractivity contribution in [3.63, 3.8) is 0 Å². The Balaban J connectivity index is 1.76.